The van der Waals surface area contributed by atoms with E-state index in [1.54, 1.807) is 11.8 Å². The van der Waals surface area contributed by atoms with Crippen molar-refractivity contribution < 1.29 is 9.59 Å². The number of carbonyl (C=O) groups excluding carboxylic acids is 2. The predicted octanol–water partition coefficient (Wildman–Crippen LogP) is 3.25. The lowest BCUT2D eigenvalue weighted by molar-refractivity contribution is -0.136. The largest absolute Gasteiger partial charge is 0.345 e. The third-order valence-electron chi connectivity index (χ3n) is 4.73. The molecule has 1 aliphatic carbocycles. The van der Waals surface area contributed by atoms with Gasteiger partial charge in [0.2, 0.25) is 11.8 Å². The molecule has 0 aliphatic heterocycles. The van der Waals surface area contributed by atoms with Gasteiger partial charge in [-0.1, -0.05) is 33.1 Å². The first-order valence-electron chi connectivity index (χ1n) is 9.39. The molecule has 1 N–H and O–H groups in total. The minimum absolute atomic E-state index is 0.0214. The van der Waals surface area contributed by atoms with Gasteiger partial charge >= 0.3 is 0 Å². The maximum absolute atomic E-state index is 12.6. The van der Waals surface area contributed by atoms with Gasteiger partial charge in [0.1, 0.15) is 6.04 Å². The van der Waals surface area contributed by atoms with Crippen LogP contribution >= 0.6 is 0 Å². The Labute approximate surface area is 146 Å². The van der Waals surface area contributed by atoms with Crippen molar-refractivity contribution in [2.24, 2.45) is 11.8 Å². The Hall–Kier alpha value is -1.57. The summed E-state index contributed by atoms with van der Waals surface area (Å²) in [6.45, 7) is 7.05. The highest BCUT2D eigenvalue weighted by atomic mass is 16.2. The van der Waals surface area contributed by atoms with Crippen LogP contribution in [0.4, 0.5) is 0 Å². The molecule has 1 unspecified atom stereocenters. The normalized spacial score (nSPS) is 16.5. The first-order chi connectivity index (χ1) is 11.4. The average molecular weight is 335 g/mol. The summed E-state index contributed by atoms with van der Waals surface area (Å²) in [4.78, 5) is 26.5. The number of nitriles is 1. The molecule has 0 aromatic rings. The Morgan fingerprint density at radius 3 is 2.42 bits per heavy atom. The molecular formula is C19H33N3O2. The Kier molecular flexibility index (Phi) is 9.44. The van der Waals surface area contributed by atoms with Crippen LogP contribution in [-0.2, 0) is 9.59 Å². The van der Waals surface area contributed by atoms with Crippen molar-refractivity contribution in [3.63, 3.8) is 0 Å². The summed E-state index contributed by atoms with van der Waals surface area (Å²) in [7, 11) is 0. The third kappa shape index (κ3) is 7.81. The van der Waals surface area contributed by atoms with E-state index < -0.39 is 6.04 Å². The van der Waals surface area contributed by atoms with Crippen LogP contribution in [0.1, 0.15) is 72.1 Å². The van der Waals surface area contributed by atoms with E-state index in [1.165, 1.54) is 19.3 Å². The van der Waals surface area contributed by atoms with Gasteiger partial charge in [0.25, 0.3) is 0 Å². The van der Waals surface area contributed by atoms with E-state index in [9.17, 15) is 9.59 Å². The van der Waals surface area contributed by atoms with Gasteiger partial charge < -0.3 is 10.2 Å². The minimum atomic E-state index is -0.521. The highest BCUT2D eigenvalue weighted by Crippen LogP contribution is 2.26. The molecule has 1 aliphatic rings. The van der Waals surface area contributed by atoms with Crippen LogP contribution in [-0.4, -0.2) is 35.8 Å². The summed E-state index contributed by atoms with van der Waals surface area (Å²) in [5.74, 6) is 0.866. The molecule has 0 spiro atoms. The molecule has 5 nitrogen and oxygen atoms in total. The van der Waals surface area contributed by atoms with Crippen molar-refractivity contribution >= 4 is 11.8 Å². The van der Waals surface area contributed by atoms with Crippen LogP contribution in [0.5, 0.6) is 0 Å². The number of carbonyl (C=O) groups is 2. The fourth-order valence-corrected chi connectivity index (χ4v) is 3.22. The quantitative estimate of drug-likeness (QED) is 0.703. The molecule has 0 aromatic carbocycles. The first-order valence-corrected chi connectivity index (χ1v) is 9.39. The summed E-state index contributed by atoms with van der Waals surface area (Å²) in [6.07, 6.45) is 7.70. The fraction of sp³-hybridized carbons (Fsp3) is 0.842. The number of nitrogens with one attached hydrogen (secondary N) is 1. The summed E-state index contributed by atoms with van der Waals surface area (Å²) in [5.41, 5.74) is 0. The molecule has 24 heavy (non-hydrogen) atoms. The summed E-state index contributed by atoms with van der Waals surface area (Å²) >= 11 is 0. The van der Waals surface area contributed by atoms with E-state index in [0.717, 1.165) is 19.3 Å². The van der Waals surface area contributed by atoms with Gasteiger partial charge in [-0.25, -0.2) is 0 Å². The smallest absolute Gasteiger partial charge is 0.244 e. The molecule has 0 aromatic heterocycles. The van der Waals surface area contributed by atoms with E-state index in [4.69, 9.17) is 5.26 Å². The number of amides is 2. The number of rotatable bonds is 9. The second-order valence-electron chi connectivity index (χ2n) is 7.41. The van der Waals surface area contributed by atoms with Crippen molar-refractivity contribution in [1.82, 2.24) is 10.2 Å². The van der Waals surface area contributed by atoms with Gasteiger partial charge in [0.05, 0.1) is 12.5 Å². The maximum Gasteiger partial charge on any atom is 0.244 e. The van der Waals surface area contributed by atoms with Gasteiger partial charge in [0, 0.05) is 19.5 Å². The van der Waals surface area contributed by atoms with Gasteiger partial charge in [-0.05, 0) is 38.0 Å². The van der Waals surface area contributed by atoms with Gasteiger partial charge in [-0.2, -0.15) is 5.26 Å². The van der Waals surface area contributed by atoms with Gasteiger partial charge in [0.15, 0.2) is 0 Å². The van der Waals surface area contributed by atoms with E-state index >= 15 is 0 Å². The van der Waals surface area contributed by atoms with Crippen molar-refractivity contribution in [3.05, 3.63) is 0 Å². The molecule has 1 saturated carbocycles. The highest BCUT2D eigenvalue weighted by Gasteiger charge is 2.23. The molecule has 0 heterocycles. The Morgan fingerprint density at radius 1 is 1.17 bits per heavy atom. The molecule has 5 heteroatoms. The first kappa shape index (κ1) is 20.5. The molecule has 2 amide bonds. The zero-order valence-electron chi connectivity index (χ0n) is 15.5. The highest BCUT2D eigenvalue weighted by molar-refractivity contribution is 5.87. The molecule has 0 radical (unpaired) electrons. The lowest BCUT2D eigenvalue weighted by atomic mass is 9.87. The Bertz CT molecular complexity index is 436. The lowest BCUT2D eigenvalue weighted by Crippen LogP contribution is -2.48. The molecule has 136 valence electrons. The summed E-state index contributed by atoms with van der Waals surface area (Å²) < 4.78 is 0. The molecule has 1 fully saturated rings. The number of nitrogens with zero attached hydrogens (tertiary/aromatic N) is 2. The zero-order valence-corrected chi connectivity index (χ0v) is 15.5. The predicted molar refractivity (Wildman–Crippen MR) is 95.1 cm³/mol. The summed E-state index contributed by atoms with van der Waals surface area (Å²) in [5, 5.41) is 11.6. The number of hydrogen-bond donors (Lipinski definition) is 1. The number of hydrogen-bond acceptors (Lipinski definition) is 3. The van der Waals surface area contributed by atoms with E-state index in [1.807, 2.05) is 0 Å². The van der Waals surface area contributed by atoms with Gasteiger partial charge in [-0.3, -0.25) is 9.59 Å². The van der Waals surface area contributed by atoms with Crippen LogP contribution in [0.3, 0.4) is 0 Å². The van der Waals surface area contributed by atoms with E-state index in [2.05, 4.69) is 25.2 Å². The molecule has 0 saturated heterocycles. The second kappa shape index (κ2) is 11.1. The Morgan fingerprint density at radius 2 is 1.83 bits per heavy atom. The van der Waals surface area contributed by atoms with Gasteiger partial charge in [-0.15, -0.1) is 0 Å². The SMILES string of the molecule is CC(C)CCN(CCC#N)C(=O)C(C)NC(=O)CC1CCCCC1. The minimum Gasteiger partial charge on any atom is -0.345 e. The lowest BCUT2D eigenvalue weighted by Gasteiger charge is -2.27. The molecule has 1 rings (SSSR count). The standard InChI is InChI=1S/C19H33N3O2/c1-15(2)10-13-22(12-7-11-20)19(24)16(3)21-18(23)14-17-8-5-4-6-9-17/h15-17H,4-10,12-14H2,1-3H3,(H,21,23). The van der Waals surface area contributed by atoms with Crippen molar-refractivity contribution in [2.75, 3.05) is 13.1 Å². The maximum atomic E-state index is 12.6. The molecule has 1 atom stereocenters. The van der Waals surface area contributed by atoms with Crippen LogP contribution < -0.4 is 5.32 Å². The molecule has 0 bridgehead atoms. The monoisotopic (exact) mass is 335 g/mol. The van der Waals surface area contributed by atoms with Crippen LogP contribution in [0.2, 0.25) is 0 Å². The van der Waals surface area contributed by atoms with Crippen molar-refractivity contribution in [3.8, 4) is 6.07 Å². The zero-order chi connectivity index (χ0) is 17.9. The fourth-order valence-electron chi connectivity index (χ4n) is 3.22. The third-order valence-corrected chi connectivity index (χ3v) is 4.73. The summed E-state index contributed by atoms with van der Waals surface area (Å²) in [6, 6.07) is 1.57. The van der Waals surface area contributed by atoms with Crippen molar-refractivity contribution in [1.29, 1.82) is 5.26 Å². The van der Waals surface area contributed by atoms with Crippen LogP contribution in [0, 0.1) is 23.2 Å². The molecular weight excluding hydrogens is 302 g/mol. The Balaban J connectivity index is 2.48. The average Bonchev–Trinajstić information content (AvgIpc) is 2.55. The second-order valence-corrected chi connectivity index (χ2v) is 7.41. The van der Waals surface area contributed by atoms with Crippen LogP contribution in [0.15, 0.2) is 0 Å². The van der Waals surface area contributed by atoms with E-state index in [0.29, 0.717) is 37.8 Å². The van der Waals surface area contributed by atoms with Crippen molar-refractivity contribution in [2.45, 2.75) is 78.2 Å². The topological polar surface area (TPSA) is 73.2 Å². The van der Waals surface area contributed by atoms with Crippen LogP contribution in [0.25, 0.3) is 0 Å². The van der Waals surface area contributed by atoms with E-state index in [-0.39, 0.29) is 11.8 Å².